The van der Waals surface area contributed by atoms with E-state index in [1.165, 1.54) is 6.92 Å². The predicted molar refractivity (Wildman–Crippen MR) is 75.7 cm³/mol. The van der Waals surface area contributed by atoms with Gasteiger partial charge in [0.25, 0.3) is 10.0 Å². The van der Waals surface area contributed by atoms with E-state index in [4.69, 9.17) is 0 Å². The molecule has 0 amide bonds. The fourth-order valence-corrected chi connectivity index (χ4v) is 2.78. The lowest BCUT2D eigenvalue weighted by Gasteiger charge is -2.12. The summed E-state index contributed by atoms with van der Waals surface area (Å²) in [7, 11) is -4.39. The van der Waals surface area contributed by atoms with Gasteiger partial charge in [-0.25, -0.2) is 13.4 Å². The number of anilines is 1. The number of pyridine rings is 2. The lowest BCUT2D eigenvalue weighted by Crippen LogP contribution is -2.15. The van der Waals surface area contributed by atoms with Crippen molar-refractivity contribution in [2.24, 2.45) is 0 Å². The summed E-state index contributed by atoms with van der Waals surface area (Å²) < 4.78 is 92.7. The van der Waals surface area contributed by atoms with Gasteiger partial charge in [-0.3, -0.25) is 9.71 Å². The molecule has 1 N–H and O–H groups in total. The Morgan fingerprint density at radius 3 is 2.40 bits per heavy atom. The van der Waals surface area contributed by atoms with Crippen molar-refractivity contribution in [3.8, 4) is 5.88 Å². The summed E-state index contributed by atoms with van der Waals surface area (Å²) in [5.74, 6) is -0.404. The van der Waals surface area contributed by atoms with Crippen LogP contribution in [-0.4, -0.2) is 25.0 Å². The van der Waals surface area contributed by atoms with Crippen molar-refractivity contribution >= 4 is 15.7 Å². The van der Waals surface area contributed by atoms with E-state index >= 15 is 0 Å². The molecule has 25 heavy (non-hydrogen) atoms. The molecule has 0 aromatic carbocycles. The molecule has 0 atom stereocenters. The van der Waals surface area contributed by atoms with Crippen LogP contribution < -0.4 is 9.46 Å². The van der Waals surface area contributed by atoms with Crippen LogP contribution in [0.5, 0.6) is 5.88 Å². The average Bonchev–Trinajstić information content (AvgIpc) is 2.49. The van der Waals surface area contributed by atoms with Crippen molar-refractivity contribution in [1.82, 2.24) is 9.97 Å². The molecule has 0 saturated carbocycles. The van der Waals surface area contributed by atoms with Gasteiger partial charge in [-0.1, -0.05) is 0 Å². The molecule has 0 unspecified atom stereocenters. The number of rotatable bonds is 5. The number of nitrogens with zero attached hydrogens (tertiary/aromatic N) is 2. The summed E-state index contributed by atoms with van der Waals surface area (Å²) in [6.07, 6.45) is -2.64. The van der Waals surface area contributed by atoms with E-state index in [1.54, 1.807) is 0 Å². The summed E-state index contributed by atoms with van der Waals surface area (Å²) in [6, 6.07) is 1.56. The van der Waals surface area contributed by atoms with E-state index in [0.29, 0.717) is 12.3 Å². The Labute approximate surface area is 138 Å². The fourth-order valence-electron chi connectivity index (χ4n) is 1.76. The van der Waals surface area contributed by atoms with E-state index in [-0.39, 0.29) is 11.3 Å². The maximum atomic E-state index is 12.6. The first-order chi connectivity index (χ1) is 11.5. The largest absolute Gasteiger partial charge is 0.417 e. The van der Waals surface area contributed by atoms with Gasteiger partial charge in [-0.15, -0.1) is 0 Å². The van der Waals surface area contributed by atoms with E-state index in [9.17, 15) is 30.4 Å². The van der Waals surface area contributed by atoms with Crippen molar-refractivity contribution in [2.75, 3.05) is 4.72 Å². The van der Waals surface area contributed by atoms with Gasteiger partial charge in [-0.05, 0) is 19.1 Å². The van der Waals surface area contributed by atoms with Crippen LogP contribution in [0.25, 0.3) is 0 Å². The first-order valence-electron chi connectivity index (χ1n) is 6.45. The van der Waals surface area contributed by atoms with E-state index in [1.807, 2.05) is 4.72 Å². The molecule has 2 heterocycles. The second kappa shape index (κ2) is 6.78. The summed E-state index contributed by atoms with van der Waals surface area (Å²) in [6.45, 7) is -1.76. The number of aryl methyl sites for hydroxylation is 1. The molecule has 0 aliphatic carbocycles. The minimum atomic E-state index is -4.76. The van der Waals surface area contributed by atoms with Gasteiger partial charge in [0.1, 0.15) is 4.90 Å². The van der Waals surface area contributed by atoms with Crippen molar-refractivity contribution in [2.45, 2.75) is 24.6 Å². The van der Waals surface area contributed by atoms with Crippen LogP contribution in [0.15, 0.2) is 35.6 Å². The molecule has 0 spiro atoms. The maximum Gasteiger partial charge on any atom is 0.417 e. The number of ether oxygens (including phenoxy) is 1. The molecular weight excluding hydrogens is 373 g/mol. The highest BCUT2D eigenvalue weighted by molar-refractivity contribution is 7.92. The zero-order valence-electron chi connectivity index (χ0n) is 12.4. The van der Waals surface area contributed by atoms with Crippen molar-refractivity contribution in [1.29, 1.82) is 0 Å². The highest BCUT2D eigenvalue weighted by Crippen LogP contribution is 2.30. The van der Waals surface area contributed by atoms with E-state index in [2.05, 4.69) is 14.7 Å². The van der Waals surface area contributed by atoms with Crippen LogP contribution >= 0.6 is 0 Å². The molecule has 0 bridgehead atoms. The van der Waals surface area contributed by atoms with Crippen LogP contribution in [0.3, 0.4) is 0 Å². The molecule has 136 valence electrons. The average molecular weight is 383 g/mol. The number of nitrogens with one attached hydrogen (secondary N) is 1. The van der Waals surface area contributed by atoms with Gasteiger partial charge >= 0.3 is 12.8 Å². The lowest BCUT2D eigenvalue weighted by atomic mass is 10.3. The third-order valence-corrected chi connectivity index (χ3v) is 4.18. The molecular formula is C13H10F5N3O3S. The van der Waals surface area contributed by atoms with Crippen LogP contribution in [0.2, 0.25) is 0 Å². The SMILES string of the molecule is Cc1cc(NS(=O)(=O)c2cncc(C(F)(F)F)c2)cnc1OC(F)F. The first-order valence-corrected chi connectivity index (χ1v) is 7.94. The summed E-state index contributed by atoms with van der Waals surface area (Å²) in [5.41, 5.74) is -1.27. The highest BCUT2D eigenvalue weighted by atomic mass is 32.2. The summed E-state index contributed by atoms with van der Waals surface area (Å²) in [4.78, 5) is 6.08. The topological polar surface area (TPSA) is 81.2 Å². The molecule has 0 radical (unpaired) electrons. The lowest BCUT2D eigenvalue weighted by molar-refractivity contribution is -0.138. The summed E-state index contributed by atoms with van der Waals surface area (Å²) in [5, 5.41) is 0. The number of halogens is 5. The van der Waals surface area contributed by atoms with Gasteiger partial charge in [-0.2, -0.15) is 22.0 Å². The van der Waals surface area contributed by atoms with Gasteiger partial charge in [0, 0.05) is 18.0 Å². The predicted octanol–water partition coefficient (Wildman–Crippen LogP) is 3.21. The molecule has 2 aromatic rings. The van der Waals surface area contributed by atoms with Crippen LogP contribution in [0, 0.1) is 6.92 Å². The zero-order valence-corrected chi connectivity index (χ0v) is 13.2. The summed E-state index contributed by atoms with van der Waals surface area (Å²) >= 11 is 0. The Morgan fingerprint density at radius 2 is 1.84 bits per heavy atom. The Morgan fingerprint density at radius 1 is 1.16 bits per heavy atom. The van der Waals surface area contributed by atoms with Crippen LogP contribution in [0.4, 0.5) is 27.6 Å². The molecule has 0 aliphatic rings. The first kappa shape index (κ1) is 18.8. The van der Waals surface area contributed by atoms with Gasteiger partial charge < -0.3 is 4.74 Å². The number of hydrogen-bond acceptors (Lipinski definition) is 5. The molecule has 0 aliphatic heterocycles. The maximum absolute atomic E-state index is 12.6. The third kappa shape index (κ3) is 4.75. The Hall–Kier alpha value is -2.50. The van der Waals surface area contributed by atoms with E-state index in [0.717, 1.165) is 18.5 Å². The second-order valence-corrected chi connectivity index (χ2v) is 6.42. The van der Waals surface area contributed by atoms with Crippen molar-refractivity contribution in [3.63, 3.8) is 0 Å². The fraction of sp³-hybridized carbons (Fsp3) is 0.231. The molecule has 0 fully saturated rings. The Kier molecular flexibility index (Phi) is 5.11. The normalized spacial score (nSPS) is 12.3. The van der Waals surface area contributed by atoms with Crippen molar-refractivity contribution in [3.05, 3.63) is 41.9 Å². The molecule has 2 rings (SSSR count). The minimum Gasteiger partial charge on any atom is -0.417 e. The Bertz CT molecular complexity index is 871. The van der Waals surface area contributed by atoms with Crippen LogP contribution in [-0.2, 0) is 16.2 Å². The number of aromatic nitrogens is 2. The van der Waals surface area contributed by atoms with Gasteiger partial charge in [0.15, 0.2) is 0 Å². The molecule has 6 nitrogen and oxygen atoms in total. The van der Waals surface area contributed by atoms with Gasteiger partial charge in [0.05, 0.1) is 17.4 Å². The highest BCUT2D eigenvalue weighted by Gasteiger charge is 2.32. The minimum absolute atomic E-state index is 0.0997. The Balaban J connectivity index is 2.29. The number of sulfonamides is 1. The van der Waals surface area contributed by atoms with Gasteiger partial charge in [0.2, 0.25) is 5.88 Å². The molecule has 12 heteroatoms. The van der Waals surface area contributed by atoms with Crippen LogP contribution in [0.1, 0.15) is 11.1 Å². The smallest absolute Gasteiger partial charge is 0.417 e. The quantitative estimate of drug-likeness (QED) is 0.802. The number of hydrogen-bond donors (Lipinski definition) is 1. The van der Waals surface area contributed by atoms with E-state index < -0.39 is 39.2 Å². The standard InChI is InChI=1S/C13H10F5N3O3S/c1-7-2-9(5-20-11(7)24-12(14)15)21-25(22,23)10-3-8(4-19-6-10)13(16,17)18/h2-6,12,21H,1H3. The monoisotopic (exact) mass is 383 g/mol. The molecule has 0 saturated heterocycles. The number of alkyl halides is 5. The third-order valence-electron chi connectivity index (χ3n) is 2.83. The van der Waals surface area contributed by atoms with Crippen molar-refractivity contribution < 1.29 is 35.1 Å². The molecule has 2 aromatic heterocycles. The zero-order chi connectivity index (χ0) is 18.8. The second-order valence-electron chi connectivity index (χ2n) is 4.74.